The summed E-state index contributed by atoms with van der Waals surface area (Å²) in [6, 6.07) is 4.16. The van der Waals surface area contributed by atoms with Crippen LogP contribution in [0.1, 0.15) is 44.9 Å². The van der Waals surface area contributed by atoms with Gasteiger partial charge < -0.3 is 9.64 Å². The summed E-state index contributed by atoms with van der Waals surface area (Å²) in [6.45, 7) is 7.46. The lowest BCUT2D eigenvalue weighted by atomic mass is 9.95. The maximum atomic E-state index is 13.1. The molecule has 0 fully saturated rings. The summed E-state index contributed by atoms with van der Waals surface area (Å²) >= 11 is 1.28. The van der Waals surface area contributed by atoms with Crippen LogP contribution in [0.3, 0.4) is 0 Å². The number of nitrogens with zero attached hydrogens (tertiary/aromatic N) is 5. The number of nitriles is 1. The van der Waals surface area contributed by atoms with Crippen LogP contribution in [-0.2, 0) is 29.1 Å². The predicted molar refractivity (Wildman–Crippen MR) is 119 cm³/mol. The smallest absolute Gasteiger partial charge is 0.271 e. The second kappa shape index (κ2) is 8.36. The van der Waals surface area contributed by atoms with Gasteiger partial charge in [-0.3, -0.25) is 14.2 Å². The number of ether oxygens (including phenoxy) is 1. The van der Waals surface area contributed by atoms with Crippen LogP contribution in [0.15, 0.2) is 17.2 Å². The molecule has 1 aliphatic heterocycles. The Labute approximate surface area is 184 Å². The summed E-state index contributed by atoms with van der Waals surface area (Å²) in [7, 11) is 0. The van der Waals surface area contributed by atoms with Crippen LogP contribution in [0.25, 0.3) is 20.4 Å². The van der Waals surface area contributed by atoms with Crippen LogP contribution < -0.4 is 5.56 Å². The van der Waals surface area contributed by atoms with E-state index in [9.17, 15) is 14.9 Å². The molecule has 1 unspecified atom stereocenters. The van der Waals surface area contributed by atoms with Crippen molar-refractivity contribution in [1.29, 1.82) is 5.26 Å². The number of thiophene rings is 1. The molecule has 0 aromatic carbocycles. The molecule has 3 aromatic rings. The van der Waals surface area contributed by atoms with Gasteiger partial charge in [-0.15, -0.1) is 11.3 Å². The summed E-state index contributed by atoms with van der Waals surface area (Å²) < 4.78 is 7.57. The Morgan fingerprint density at radius 1 is 1.39 bits per heavy atom. The molecule has 0 aliphatic carbocycles. The highest BCUT2D eigenvalue weighted by Gasteiger charge is 2.32. The first-order valence-corrected chi connectivity index (χ1v) is 11.3. The van der Waals surface area contributed by atoms with Crippen LogP contribution in [0.2, 0.25) is 0 Å². The van der Waals surface area contributed by atoms with Gasteiger partial charge in [0, 0.05) is 30.5 Å². The summed E-state index contributed by atoms with van der Waals surface area (Å²) in [5, 5.41) is 10.2. The monoisotopic (exact) mass is 439 g/mol. The fourth-order valence-corrected chi connectivity index (χ4v) is 4.97. The lowest BCUT2D eigenvalue weighted by Crippen LogP contribution is -2.37. The Bertz CT molecular complexity index is 1250. The standard InChI is InChI=1S/C22H25N5O3S/c1-4-6-26(7-5-2)17(28)10-27-13-24-18-15-8-14-11-30-22(3,12-23)9-16(14)25-20(15)31-19(18)21(27)29/h8,13H,4-7,9-11H2,1-3H3. The minimum absolute atomic E-state index is 0.0195. The van der Waals surface area contributed by atoms with E-state index in [2.05, 4.69) is 11.1 Å². The van der Waals surface area contributed by atoms with Gasteiger partial charge in [0.1, 0.15) is 16.1 Å². The second-order valence-electron chi connectivity index (χ2n) is 8.09. The maximum Gasteiger partial charge on any atom is 0.271 e. The van der Waals surface area contributed by atoms with Crippen molar-refractivity contribution >= 4 is 37.7 Å². The first-order valence-electron chi connectivity index (χ1n) is 10.5. The first kappa shape index (κ1) is 21.4. The molecule has 0 radical (unpaired) electrons. The Kier molecular flexibility index (Phi) is 5.77. The van der Waals surface area contributed by atoms with Gasteiger partial charge in [0.25, 0.3) is 5.56 Å². The highest BCUT2D eigenvalue weighted by atomic mass is 32.1. The molecule has 4 heterocycles. The fourth-order valence-electron chi connectivity index (χ4n) is 3.89. The van der Waals surface area contributed by atoms with Gasteiger partial charge >= 0.3 is 0 Å². The van der Waals surface area contributed by atoms with E-state index in [0.29, 0.717) is 41.2 Å². The quantitative estimate of drug-likeness (QED) is 0.585. The van der Waals surface area contributed by atoms with Gasteiger partial charge in [0.2, 0.25) is 5.91 Å². The molecule has 0 N–H and O–H groups in total. The zero-order chi connectivity index (χ0) is 22.2. The second-order valence-corrected chi connectivity index (χ2v) is 9.09. The molecule has 8 nitrogen and oxygen atoms in total. The molecule has 3 aromatic heterocycles. The maximum absolute atomic E-state index is 13.1. The summed E-state index contributed by atoms with van der Waals surface area (Å²) in [5.74, 6) is -0.0745. The van der Waals surface area contributed by atoms with Crippen molar-refractivity contribution < 1.29 is 9.53 Å². The van der Waals surface area contributed by atoms with Gasteiger partial charge in [-0.1, -0.05) is 13.8 Å². The number of amides is 1. The number of hydrogen-bond acceptors (Lipinski definition) is 7. The van der Waals surface area contributed by atoms with Crippen molar-refractivity contribution in [3.63, 3.8) is 0 Å². The lowest BCUT2D eigenvalue weighted by molar-refractivity contribution is -0.132. The van der Waals surface area contributed by atoms with Crippen LogP contribution >= 0.6 is 11.3 Å². The SMILES string of the molecule is CCCN(CCC)C(=O)Cn1cnc2c(sc3nc4c(cc32)COC(C)(C#N)C4)c1=O. The van der Waals surface area contributed by atoms with E-state index in [-0.39, 0.29) is 18.0 Å². The normalized spacial score (nSPS) is 18.1. The molecule has 31 heavy (non-hydrogen) atoms. The van der Waals surface area contributed by atoms with Crippen molar-refractivity contribution in [3.8, 4) is 6.07 Å². The Balaban J connectivity index is 1.71. The van der Waals surface area contributed by atoms with Gasteiger partial charge in [-0.05, 0) is 25.8 Å². The summed E-state index contributed by atoms with van der Waals surface area (Å²) in [4.78, 5) is 37.5. The van der Waals surface area contributed by atoms with Crippen LogP contribution in [0, 0.1) is 11.3 Å². The van der Waals surface area contributed by atoms with E-state index in [0.717, 1.165) is 29.5 Å². The van der Waals surface area contributed by atoms with Gasteiger partial charge in [-0.25, -0.2) is 9.97 Å². The first-order chi connectivity index (χ1) is 14.9. The minimum Gasteiger partial charge on any atom is -0.355 e. The number of rotatable bonds is 6. The molecule has 1 aliphatic rings. The van der Waals surface area contributed by atoms with Gasteiger partial charge in [-0.2, -0.15) is 5.26 Å². The van der Waals surface area contributed by atoms with Crippen LogP contribution in [0.4, 0.5) is 0 Å². The molecule has 0 spiro atoms. The number of fused-ring (bicyclic) bond motifs is 4. The molecule has 0 saturated heterocycles. The van der Waals surface area contributed by atoms with E-state index in [1.165, 1.54) is 22.2 Å². The number of carbonyl (C=O) groups excluding carboxylic acids is 1. The highest BCUT2D eigenvalue weighted by Crippen LogP contribution is 2.34. The van der Waals surface area contributed by atoms with Crippen LogP contribution in [-0.4, -0.2) is 44.0 Å². The van der Waals surface area contributed by atoms with E-state index >= 15 is 0 Å². The molecule has 1 atom stereocenters. The van der Waals surface area contributed by atoms with Gasteiger partial charge in [0.15, 0.2) is 5.60 Å². The number of pyridine rings is 1. The molecule has 0 saturated carbocycles. The Morgan fingerprint density at radius 2 is 2.13 bits per heavy atom. The van der Waals surface area contributed by atoms with Crippen molar-refractivity contribution in [3.05, 3.63) is 34.0 Å². The van der Waals surface area contributed by atoms with E-state index in [1.54, 1.807) is 11.8 Å². The van der Waals surface area contributed by atoms with Crippen molar-refractivity contribution in [2.75, 3.05) is 13.1 Å². The molecule has 162 valence electrons. The molecule has 4 rings (SSSR count). The third-order valence-electron chi connectivity index (χ3n) is 5.54. The van der Waals surface area contributed by atoms with E-state index < -0.39 is 5.60 Å². The van der Waals surface area contributed by atoms with Crippen molar-refractivity contribution in [1.82, 2.24) is 19.4 Å². The lowest BCUT2D eigenvalue weighted by Gasteiger charge is -2.28. The largest absolute Gasteiger partial charge is 0.355 e. The predicted octanol–water partition coefficient (Wildman–Crippen LogP) is 3.01. The zero-order valence-corrected chi connectivity index (χ0v) is 18.8. The van der Waals surface area contributed by atoms with Gasteiger partial charge in [0.05, 0.1) is 30.2 Å². The Hall–Kier alpha value is -2.83. The van der Waals surface area contributed by atoms with E-state index in [4.69, 9.17) is 9.72 Å². The van der Waals surface area contributed by atoms with Crippen molar-refractivity contribution in [2.45, 2.75) is 58.8 Å². The Morgan fingerprint density at radius 3 is 2.81 bits per heavy atom. The third-order valence-corrected chi connectivity index (χ3v) is 6.62. The molecule has 9 heteroatoms. The summed E-state index contributed by atoms with van der Waals surface area (Å²) in [5.41, 5.74) is 1.20. The molecule has 0 bridgehead atoms. The number of aromatic nitrogens is 3. The molecular formula is C22H25N5O3S. The topological polar surface area (TPSA) is 101 Å². The molecular weight excluding hydrogens is 414 g/mol. The number of carbonyl (C=O) groups is 1. The van der Waals surface area contributed by atoms with Crippen LogP contribution in [0.5, 0.6) is 0 Å². The average molecular weight is 440 g/mol. The fraction of sp³-hybridized carbons (Fsp3) is 0.500. The highest BCUT2D eigenvalue weighted by molar-refractivity contribution is 7.25. The third kappa shape index (κ3) is 3.93. The zero-order valence-electron chi connectivity index (χ0n) is 18.0. The number of hydrogen-bond donors (Lipinski definition) is 0. The minimum atomic E-state index is -0.890. The average Bonchev–Trinajstić information content (AvgIpc) is 3.12. The van der Waals surface area contributed by atoms with Crippen molar-refractivity contribution in [2.24, 2.45) is 0 Å². The van der Waals surface area contributed by atoms with E-state index in [1.807, 2.05) is 19.9 Å². The summed E-state index contributed by atoms with van der Waals surface area (Å²) in [6.07, 6.45) is 3.60. The molecule has 1 amide bonds.